The minimum atomic E-state index is -4.15. The van der Waals surface area contributed by atoms with Gasteiger partial charge in [-0.3, -0.25) is 13.9 Å². The molecule has 0 aliphatic carbocycles. The van der Waals surface area contributed by atoms with E-state index in [9.17, 15) is 18.0 Å². The molecule has 9 heteroatoms. The lowest BCUT2D eigenvalue weighted by atomic mass is 10.0. The zero-order chi connectivity index (χ0) is 32.2. The molecular weight excluding hydrogens is 606 g/mol. The van der Waals surface area contributed by atoms with E-state index >= 15 is 0 Å². The van der Waals surface area contributed by atoms with Crippen LogP contribution in [0, 0.1) is 0 Å². The molecule has 0 aromatic heterocycles. The molecule has 1 N–H and O–H groups in total. The molecule has 1 atom stereocenters. The predicted molar refractivity (Wildman–Crippen MR) is 181 cm³/mol. The van der Waals surface area contributed by atoms with Gasteiger partial charge in [0, 0.05) is 24.5 Å². The van der Waals surface area contributed by atoms with Crippen LogP contribution in [-0.4, -0.2) is 44.3 Å². The van der Waals surface area contributed by atoms with Crippen LogP contribution in [0.5, 0.6) is 0 Å². The number of amides is 2. The summed E-state index contributed by atoms with van der Waals surface area (Å²) in [7, 11) is -4.15. The summed E-state index contributed by atoms with van der Waals surface area (Å²) in [6.45, 7) is 4.02. The first kappa shape index (κ1) is 33.7. The Balaban J connectivity index is 1.79. The minimum Gasteiger partial charge on any atom is -0.354 e. The molecule has 0 radical (unpaired) electrons. The lowest BCUT2D eigenvalue weighted by Crippen LogP contribution is -2.53. The van der Waals surface area contributed by atoms with Gasteiger partial charge in [0.15, 0.2) is 0 Å². The lowest BCUT2D eigenvalue weighted by molar-refractivity contribution is -0.140. The Morgan fingerprint density at radius 2 is 1.42 bits per heavy atom. The number of unbranched alkanes of at least 4 members (excludes halogenated alkanes) is 1. The van der Waals surface area contributed by atoms with Crippen LogP contribution < -0.4 is 9.62 Å². The molecule has 0 heterocycles. The molecule has 7 nitrogen and oxygen atoms in total. The van der Waals surface area contributed by atoms with E-state index in [0.29, 0.717) is 22.8 Å². The highest BCUT2D eigenvalue weighted by molar-refractivity contribution is 7.92. The summed E-state index contributed by atoms with van der Waals surface area (Å²) < 4.78 is 29.3. The van der Waals surface area contributed by atoms with Crippen LogP contribution in [0.3, 0.4) is 0 Å². The van der Waals surface area contributed by atoms with Crippen molar-refractivity contribution in [3.8, 4) is 0 Å². The van der Waals surface area contributed by atoms with Crippen LogP contribution in [-0.2, 0) is 39.0 Å². The maximum atomic E-state index is 14.5. The fourth-order valence-corrected chi connectivity index (χ4v) is 6.65. The quantitative estimate of drug-likeness (QED) is 0.147. The Morgan fingerprint density at radius 3 is 2.04 bits per heavy atom. The number of carbonyl (C=O) groups is 2. The summed E-state index contributed by atoms with van der Waals surface area (Å²) in [5.41, 5.74) is 2.91. The zero-order valence-corrected chi connectivity index (χ0v) is 27.3. The molecule has 0 aliphatic rings. The first-order valence-electron chi connectivity index (χ1n) is 15.3. The number of rotatable bonds is 15. The van der Waals surface area contributed by atoms with Crippen molar-refractivity contribution >= 4 is 39.1 Å². The molecule has 45 heavy (non-hydrogen) atoms. The standard InChI is InChI=1S/C36H40ClN3O4S/c1-3-5-24-38-36(42)34(25-29-14-8-6-9-15-29)39(26-30-16-12-13-19-33(30)37)35(41)27-40(31-22-20-28(4-2)21-23-31)45(43,44)32-17-10-7-11-18-32/h6-23,34H,3-5,24-27H2,1-2H3,(H,38,42). The van der Waals surface area contributed by atoms with Gasteiger partial charge in [0.2, 0.25) is 11.8 Å². The number of aryl methyl sites for hydroxylation is 1. The van der Waals surface area contributed by atoms with Crippen LogP contribution in [0.4, 0.5) is 5.69 Å². The molecule has 4 aromatic carbocycles. The van der Waals surface area contributed by atoms with Crippen molar-refractivity contribution < 1.29 is 18.0 Å². The molecule has 4 aromatic rings. The highest BCUT2D eigenvalue weighted by Crippen LogP contribution is 2.26. The van der Waals surface area contributed by atoms with Crippen LogP contribution >= 0.6 is 11.6 Å². The number of carbonyl (C=O) groups excluding carboxylic acids is 2. The Kier molecular flexibility index (Phi) is 12.2. The van der Waals surface area contributed by atoms with Crippen molar-refractivity contribution in [3.05, 3.63) is 131 Å². The number of benzene rings is 4. The largest absolute Gasteiger partial charge is 0.354 e. The van der Waals surface area contributed by atoms with Crippen LogP contribution in [0.1, 0.15) is 43.4 Å². The second-order valence-electron chi connectivity index (χ2n) is 10.8. The Hall–Kier alpha value is -4.14. The number of sulfonamides is 1. The van der Waals surface area contributed by atoms with Crippen LogP contribution in [0.25, 0.3) is 0 Å². The topological polar surface area (TPSA) is 86.8 Å². The summed E-state index contributed by atoms with van der Waals surface area (Å²) in [5.74, 6) is -0.835. The summed E-state index contributed by atoms with van der Waals surface area (Å²) in [5, 5.41) is 3.44. The fourth-order valence-electron chi connectivity index (χ4n) is 5.02. The molecular formula is C36H40ClN3O4S. The summed E-state index contributed by atoms with van der Waals surface area (Å²) in [6.07, 6.45) is 2.71. The fraction of sp³-hybridized carbons (Fsp3) is 0.278. The van der Waals surface area contributed by atoms with Gasteiger partial charge in [-0.05, 0) is 59.9 Å². The van der Waals surface area contributed by atoms with Gasteiger partial charge < -0.3 is 10.2 Å². The summed E-state index contributed by atoms with van der Waals surface area (Å²) >= 11 is 6.56. The molecule has 1 unspecified atom stereocenters. The maximum Gasteiger partial charge on any atom is 0.264 e. The van der Waals surface area contributed by atoms with Crippen LogP contribution in [0.15, 0.2) is 114 Å². The number of hydrogen-bond acceptors (Lipinski definition) is 4. The molecule has 4 rings (SSSR count). The molecule has 0 fully saturated rings. The number of halogens is 1. The predicted octanol–water partition coefficient (Wildman–Crippen LogP) is 6.65. The van der Waals surface area contributed by atoms with Crippen molar-refractivity contribution in [2.45, 2.75) is 57.0 Å². The first-order valence-corrected chi connectivity index (χ1v) is 17.1. The van der Waals surface area contributed by atoms with E-state index in [4.69, 9.17) is 11.6 Å². The van der Waals surface area contributed by atoms with E-state index in [1.54, 1.807) is 48.5 Å². The van der Waals surface area contributed by atoms with Crippen molar-refractivity contribution in [1.82, 2.24) is 10.2 Å². The third kappa shape index (κ3) is 8.96. The Labute approximate surface area is 271 Å². The van der Waals surface area contributed by atoms with Crippen molar-refractivity contribution in [2.24, 2.45) is 0 Å². The van der Waals surface area contributed by atoms with E-state index in [0.717, 1.165) is 34.7 Å². The van der Waals surface area contributed by atoms with E-state index < -0.39 is 28.5 Å². The molecule has 0 spiro atoms. The average molecular weight is 646 g/mol. The smallest absolute Gasteiger partial charge is 0.264 e. The molecule has 236 valence electrons. The third-order valence-corrected chi connectivity index (χ3v) is 9.80. The van der Waals surface area contributed by atoms with Gasteiger partial charge in [-0.2, -0.15) is 0 Å². The molecule has 0 saturated heterocycles. The van der Waals surface area contributed by atoms with E-state index in [2.05, 4.69) is 5.32 Å². The van der Waals surface area contributed by atoms with E-state index in [1.807, 2.05) is 62.4 Å². The van der Waals surface area contributed by atoms with Gasteiger partial charge >= 0.3 is 0 Å². The van der Waals surface area contributed by atoms with Crippen molar-refractivity contribution in [1.29, 1.82) is 0 Å². The van der Waals surface area contributed by atoms with Gasteiger partial charge in [-0.1, -0.05) is 111 Å². The highest BCUT2D eigenvalue weighted by Gasteiger charge is 2.34. The number of hydrogen-bond donors (Lipinski definition) is 1. The number of nitrogens with zero attached hydrogens (tertiary/aromatic N) is 2. The molecule has 2 amide bonds. The minimum absolute atomic E-state index is 0.0190. The number of anilines is 1. The van der Waals surface area contributed by atoms with Crippen LogP contribution in [0.2, 0.25) is 5.02 Å². The first-order chi connectivity index (χ1) is 21.7. The van der Waals surface area contributed by atoms with Crippen molar-refractivity contribution in [2.75, 3.05) is 17.4 Å². The second kappa shape index (κ2) is 16.3. The summed E-state index contributed by atoms with van der Waals surface area (Å²) in [4.78, 5) is 29.8. The third-order valence-electron chi connectivity index (χ3n) is 7.64. The zero-order valence-electron chi connectivity index (χ0n) is 25.7. The molecule has 0 bridgehead atoms. The maximum absolute atomic E-state index is 14.5. The van der Waals surface area contributed by atoms with Gasteiger partial charge in [-0.25, -0.2) is 8.42 Å². The summed E-state index contributed by atoms with van der Waals surface area (Å²) in [6, 6.07) is 30.9. The van der Waals surface area contributed by atoms with E-state index in [-0.39, 0.29) is 23.8 Å². The van der Waals surface area contributed by atoms with Gasteiger partial charge in [-0.15, -0.1) is 0 Å². The Morgan fingerprint density at radius 1 is 0.800 bits per heavy atom. The monoisotopic (exact) mass is 645 g/mol. The van der Waals surface area contributed by atoms with Gasteiger partial charge in [0.25, 0.3) is 10.0 Å². The normalized spacial score (nSPS) is 11.9. The van der Waals surface area contributed by atoms with E-state index in [1.165, 1.54) is 17.0 Å². The second-order valence-corrected chi connectivity index (χ2v) is 13.1. The highest BCUT2D eigenvalue weighted by atomic mass is 35.5. The lowest BCUT2D eigenvalue weighted by Gasteiger charge is -2.34. The number of nitrogens with one attached hydrogen (secondary N) is 1. The van der Waals surface area contributed by atoms with Gasteiger partial charge in [0.05, 0.1) is 10.6 Å². The van der Waals surface area contributed by atoms with Crippen molar-refractivity contribution in [3.63, 3.8) is 0 Å². The molecule has 0 aliphatic heterocycles. The van der Waals surface area contributed by atoms with Gasteiger partial charge in [0.1, 0.15) is 12.6 Å². The average Bonchev–Trinajstić information content (AvgIpc) is 3.07. The SMILES string of the molecule is CCCCNC(=O)C(Cc1ccccc1)N(Cc1ccccc1Cl)C(=O)CN(c1ccc(CC)cc1)S(=O)(=O)c1ccccc1. The molecule has 0 saturated carbocycles. The Bertz CT molecular complexity index is 1650.